The first-order chi connectivity index (χ1) is 13.5. The second-order valence-electron chi connectivity index (χ2n) is 6.62. The molecule has 0 saturated carbocycles. The van der Waals surface area contributed by atoms with E-state index in [-0.39, 0.29) is 19.1 Å². The minimum Gasteiger partial charge on any atom is -0.454 e. The van der Waals surface area contributed by atoms with Crippen molar-refractivity contribution in [2.24, 2.45) is 0 Å². The Bertz CT molecular complexity index is 993. The molecule has 0 unspecified atom stereocenters. The van der Waals surface area contributed by atoms with Crippen molar-refractivity contribution in [3.05, 3.63) is 59.4 Å². The fourth-order valence-electron chi connectivity index (χ4n) is 3.11. The summed E-state index contributed by atoms with van der Waals surface area (Å²) in [4.78, 5) is 29.0. The third kappa shape index (κ3) is 4.92. The van der Waals surface area contributed by atoms with Crippen LogP contribution in [0.25, 0.3) is 11.0 Å². The van der Waals surface area contributed by atoms with Gasteiger partial charge in [0.25, 0.3) is 5.91 Å². The maximum Gasteiger partial charge on any atom is 0.326 e. The number of nitrogens with zero attached hydrogens (tertiary/aromatic N) is 2. The van der Waals surface area contributed by atoms with Crippen molar-refractivity contribution in [3.63, 3.8) is 0 Å². The Balaban J connectivity index is 1.62. The lowest BCUT2D eigenvalue weighted by atomic mass is 10.1. The molecule has 3 aromatic rings. The molecular weight excluding hydrogens is 374 g/mol. The third-order valence-electron chi connectivity index (χ3n) is 4.16. The number of para-hydroxylation sites is 2. The molecule has 1 aromatic heterocycles. The highest BCUT2D eigenvalue weighted by Crippen LogP contribution is 2.19. The highest BCUT2D eigenvalue weighted by atomic mass is 32.2. The van der Waals surface area contributed by atoms with Crippen LogP contribution < -0.4 is 5.32 Å². The number of aromatic nitrogens is 2. The van der Waals surface area contributed by atoms with Crippen LogP contribution in [0.2, 0.25) is 0 Å². The topological polar surface area (TPSA) is 73.2 Å². The van der Waals surface area contributed by atoms with Crippen molar-refractivity contribution in [2.45, 2.75) is 26.1 Å². The van der Waals surface area contributed by atoms with Crippen LogP contribution in [0.1, 0.15) is 17.0 Å². The van der Waals surface area contributed by atoms with Crippen LogP contribution in [-0.4, -0.2) is 34.3 Å². The van der Waals surface area contributed by atoms with Crippen LogP contribution in [0.15, 0.2) is 42.5 Å². The number of nitrogens with one attached hydrogen (secondary N) is 1. The SMILES string of the molecule is CSCc1nc2ccccc2n1CC(=O)OCC(=O)Nc1cc(C)cc(C)c1. The number of esters is 1. The summed E-state index contributed by atoms with van der Waals surface area (Å²) in [5.41, 5.74) is 4.53. The Kier molecular flexibility index (Phi) is 6.36. The van der Waals surface area contributed by atoms with Crippen LogP contribution in [0.3, 0.4) is 0 Å². The summed E-state index contributed by atoms with van der Waals surface area (Å²) in [6, 6.07) is 13.4. The molecule has 146 valence electrons. The van der Waals surface area contributed by atoms with E-state index in [4.69, 9.17) is 4.74 Å². The van der Waals surface area contributed by atoms with Gasteiger partial charge in [0.1, 0.15) is 12.4 Å². The van der Waals surface area contributed by atoms with Gasteiger partial charge in [0.15, 0.2) is 6.61 Å². The molecule has 6 nitrogen and oxygen atoms in total. The van der Waals surface area contributed by atoms with Crippen molar-refractivity contribution >= 4 is 40.4 Å². The third-order valence-corrected chi connectivity index (χ3v) is 4.71. The highest BCUT2D eigenvalue weighted by Gasteiger charge is 2.15. The summed E-state index contributed by atoms with van der Waals surface area (Å²) in [6.45, 7) is 3.62. The van der Waals surface area contributed by atoms with Gasteiger partial charge in [-0.1, -0.05) is 18.2 Å². The number of fused-ring (bicyclic) bond motifs is 1. The molecule has 0 saturated heterocycles. The Morgan fingerprint density at radius 2 is 1.86 bits per heavy atom. The van der Waals surface area contributed by atoms with Crippen LogP contribution in [0, 0.1) is 13.8 Å². The Morgan fingerprint density at radius 1 is 1.14 bits per heavy atom. The molecule has 1 heterocycles. The maximum atomic E-state index is 12.3. The average molecular weight is 398 g/mol. The number of benzene rings is 2. The molecule has 3 rings (SSSR count). The zero-order chi connectivity index (χ0) is 20.1. The van der Waals surface area contributed by atoms with E-state index in [2.05, 4.69) is 10.3 Å². The van der Waals surface area contributed by atoms with E-state index >= 15 is 0 Å². The molecule has 0 fully saturated rings. The zero-order valence-corrected chi connectivity index (χ0v) is 17.0. The Morgan fingerprint density at radius 3 is 2.57 bits per heavy atom. The number of thioether (sulfide) groups is 1. The average Bonchev–Trinajstić information content (AvgIpc) is 2.97. The van der Waals surface area contributed by atoms with Gasteiger partial charge >= 0.3 is 5.97 Å². The van der Waals surface area contributed by atoms with Gasteiger partial charge in [-0.15, -0.1) is 0 Å². The normalized spacial score (nSPS) is 10.8. The van der Waals surface area contributed by atoms with Crippen molar-refractivity contribution in [3.8, 4) is 0 Å². The maximum absolute atomic E-state index is 12.3. The number of hydrogen-bond donors (Lipinski definition) is 1. The van der Waals surface area contributed by atoms with Gasteiger partial charge < -0.3 is 14.6 Å². The standard InChI is InChI=1S/C21H23N3O3S/c1-14-8-15(2)10-16(9-14)22-20(25)12-27-21(26)11-24-18-7-5-4-6-17(18)23-19(24)13-28-3/h4-10H,11-13H2,1-3H3,(H,22,25). The molecule has 0 bridgehead atoms. The first-order valence-corrected chi connectivity index (χ1v) is 10.3. The Hall–Kier alpha value is -2.80. The first kappa shape index (κ1) is 19.9. The lowest BCUT2D eigenvalue weighted by Crippen LogP contribution is -2.23. The number of aryl methyl sites for hydroxylation is 2. The number of carbonyl (C=O) groups excluding carboxylic acids is 2. The molecule has 0 atom stereocenters. The summed E-state index contributed by atoms with van der Waals surface area (Å²) < 4.78 is 7.03. The minimum absolute atomic E-state index is 0.0211. The van der Waals surface area contributed by atoms with Gasteiger partial charge in [0.05, 0.1) is 16.8 Å². The second kappa shape index (κ2) is 8.93. The summed E-state index contributed by atoms with van der Waals surface area (Å²) >= 11 is 1.63. The molecule has 0 radical (unpaired) electrons. The van der Waals surface area contributed by atoms with Crippen LogP contribution in [0.4, 0.5) is 5.69 Å². The monoisotopic (exact) mass is 397 g/mol. The molecule has 1 amide bonds. The molecule has 7 heteroatoms. The van der Waals surface area contributed by atoms with Gasteiger partial charge in [-0.3, -0.25) is 9.59 Å². The summed E-state index contributed by atoms with van der Waals surface area (Å²) in [7, 11) is 0. The predicted molar refractivity (Wildman–Crippen MR) is 112 cm³/mol. The predicted octanol–water partition coefficient (Wildman–Crippen LogP) is 3.70. The number of anilines is 1. The molecule has 0 aliphatic rings. The zero-order valence-electron chi connectivity index (χ0n) is 16.2. The van der Waals surface area contributed by atoms with E-state index < -0.39 is 5.97 Å². The van der Waals surface area contributed by atoms with Crippen LogP contribution >= 0.6 is 11.8 Å². The van der Waals surface area contributed by atoms with E-state index in [0.29, 0.717) is 11.4 Å². The fourth-order valence-corrected chi connectivity index (χ4v) is 3.58. The van der Waals surface area contributed by atoms with E-state index in [0.717, 1.165) is 28.0 Å². The summed E-state index contributed by atoms with van der Waals surface area (Å²) in [5, 5.41) is 2.76. The van der Waals surface area contributed by atoms with Gasteiger partial charge in [-0.05, 0) is 55.5 Å². The molecule has 2 aromatic carbocycles. The smallest absolute Gasteiger partial charge is 0.326 e. The summed E-state index contributed by atoms with van der Waals surface area (Å²) in [5.74, 6) is 0.666. The second-order valence-corrected chi connectivity index (χ2v) is 7.49. The van der Waals surface area contributed by atoms with Gasteiger partial charge in [-0.2, -0.15) is 11.8 Å². The van der Waals surface area contributed by atoms with Gasteiger partial charge in [-0.25, -0.2) is 4.98 Å². The van der Waals surface area contributed by atoms with E-state index in [1.807, 2.05) is 67.1 Å². The number of amides is 1. The number of carbonyl (C=O) groups is 2. The van der Waals surface area contributed by atoms with Crippen molar-refractivity contribution < 1.29 is 14.3 Å². The number of ether oxygens (including phenoxy) is 1. The van der Waals surface area contributed by atoms with E-state index in [9.17, 15) is 9.59 Å². The van der Waals surface area contributed by atoms with E-state index in [1.54, 1.807) is 11.8 Å². The Labute approximate surface area is 168 Å². The molecule has 0 spiro atoms. The summed E-state index contributed by atoms with van der Waals surface area (Å²) in [6.07, 6.45) is 1.99. The van der Waals surface area contributed by atoms with Crippen molar-refractivity contribution in [1.29, 1.82) is 0 Å². The van der Waals surface area contributed by atoms with Crippen LogP contribution in [0.5, 0.6) is 0 Å². The molecule has 0 aliphatic carbocycles. The number of imidazole rings is 1. The number of hydrogen-bond acceptors (Lipinski definition) is 5. The van der Waals surface area contributed by atoms with Gasteiger partial charge in [0.2, 0.25) is 0 Å². The molecule has 1 N–H and O–H groups in total. The lowest BCUT2D eigenvalue weighted by Gasteiger charge is -2.10. The first-order valence-electron chi connectivity index (χ1n) is 8.93. The molecule has 28 heavy (non-hydrogen) atoms. The minimum atomic E-state index is -0.471. The van der Waals surface area contributed by atoms with Crippen LogP contribution in [-0.2, 0) is 26.6 Å². The van der Waals surface area contributed by atoms with Gasteiger partial charge in [0, 0.05) is 5.69 Å². The fraction of sp³-hybridized carbons (Fsp3) is 0.286. The largest absolute Gasteiger partial charge is 0.454 e. The molecule has 0 aliphatic heterocycles. The molecular formula is C21H23N3O3S. The van der Waals surface area contributed by atoms with E-state index in [1.165, 1.54) is 0 Å². The van der Waals surface area contributed by atoms with Crippen molar-refractivity contribution in [1.82, 2.24) is 9.55 Å². The highest BCUT2D eigenvalue weighted by molar-refractivity contribution is 7.97. The lowest BCUT2D eigenvalue weighted by molar-refractivity contribution is -0.147. The van der Waals surface area contributed by atoms with Crippen molar-refractivity contribution in [2.75, 3.05) is 18.2 Å². The number of rotatable bonds is 7. The quantitative estimate of drug-likeness (QED) is 0.616.